The number of benzene rings is 1. The van der Waals surface area contributed by atoms with E-state index in [9.17, 15) is 4.79 Å². The Morgan fingerprint density at radius 3 is 2.14 bits per heavy atom. The minimum absolute atomic E-state index is 0.282. The van der Waals surface area contributed by atoms with Crippen molar-refractivity contribution in [2.24, 2.45) is 0 Å². The van der Waals surface area contributed by atoms with Gasteiger partial charge in [0.25, 0.3) is 5.91 Å². The molecule has 7 heteroatoms. The number of rotatable bonds is 7. The average Bonchev–Trinajstić information content (AvgIpc) is 3.02. The molecule has 7 nitrogen and oxygen atoms in total. The molecule has 0 saturated heterocycles. The first-order valence-corrected chi connectivity index (χ1v) is 9.98. The quantitative estimate of drug-likeness (QED) is 0.668. The van der Waals surface area contributed by atoms with Crippen LogP contribution in [0.2, 0.25) is 0 Å². The molecule has 1 amide bonds. The Labute approximate surface area is 171 Å². The van der Waals surface area contributed by atoms with Gasteiger partial charge < -0.3 is 24.8 Å². The van der Waals surface area contributed by atoms with Gasteiger partial charge in [0.2, 0.25) is 5.75 Å². The molecule has 0 radical (unpaired) electrons. The number of nitrogens with one attached hydrogen (secondary N) is 2. The summed E-state index contributed by atoms with van der Waals surface area (Å²) in [4.78, 5) is 17.1. The Hall–Kier alpha value is -2.96. The van der Waals surface area contributed by atoms with Gasteiger partial charge in [-0.05, 0) is 37.1 Å². The van der Waals surface area contributed by atoms with Crippen LogP contribution in [0.5, 0.6) is 17.2 Å². The molecule has 156 valence electrons. The van der Waals surface area contributed by atoms with Gasteiger partial charge in [-0.15, -0.1) is 0 Å². The fourth-order valence-corrected chi connectivity index (χ4v) is 3.60. The molecular formula is C22H29N3O4. The number of amides is 1. The molecule has 0 atom stereocenters. The number of ether oxygens (including phenoxy) is 3. The number of aromatic nitrogens is 1. The van der Waals surface area contributed by atoms with Crippen LogP contribution >= 0.6 is 0 Å². The highest BCUT2D eigenvalue weighted by molar-refractivity contribution is 6.05. The van der Waals surface area contributed by atoms with Crippen molar-refractivity contribution in [1.29, 1.82) is 0 Å². The number of methoxy groups -OCH3 is 3. The molecule has 0 bridgehead atoms. The van der Waals surface area contributed by atoms with Crippen molar-refractivity contribution < 1.29 is 19.0 Å². The zero-order valence-electron chi connectivity index (χ0n) is 17.3. The summed E-state index contributed by atoms with van der Waals surface area (Å²) in [6.07, 6.45) is 9.19. The molecule has 0 spiro atoms. The topological polar surface area (TPSA) is 81.7 Å². The molecule has 2 aromatic rings. The zero-order chi connectivity index (χ0) is 20.6. The van der Waals surface area contributed by atoms with E-state index >= 15 is 0 Å². The fourth-order valence-electron chi connectivity index (χ4n) is 3.60. The lowest BCUT2D eigenvalue weighted by Crippen LogP contribution is -2.19. The van der Waals surface area contributed by atoms with Gasteiger partial charge in [-0.25, -0.2) is 4.98 Å². The first-order chi connectivity index (χ1) is 14.1. The summed E-state index contributed by atoms with van der Waals surface area (Å²) < 4.78 is 15.9. The van der Waals surface area contributed by atoms with Crippen LogP contribution in [0.1, 0.15) is 48.9 Å². The minimum Gasteiger partial charge on any atom is -0.493 e. The van der Waals surface area contributed by atoms with Crippen LogP contribution in [0.4, 0.5) is 11.5 Å². The van der Waals surface area contributed by atoms with Gasteiger partial charge in [0.1, 0.15) is 5.82 Å². The maximum absolute atomic E-state index is 12.7. The van der Waals surface area contributed by atoms with Gasteiger partial charge in [-0.1, -0.05) is 25.7 Å². The Balaban J connectivity index is 1.67. The smallest absolute Gasteiger partial charge is 0.255 e. The number of pyridine rings is 1. The van der Waals surface area contributed by atoms with Crippen molar-refractivity contribution in [3.05, 3.63) is 36.0 Å². The van der Waals surface area contributed by atoms with Crippen LogP contribution in [-0.4, -0.2) is 38.3 Å². The molecule has 1 aromatic heterocycles. The third-order valence-corrected chi connectivity index (χ3v) is 5.16. The molecule has 1 fully saturated rings. The molecule has 3 rings (SSSR count). The lowest BCUT2D eigenvalue weighted by Gasteiger charge is -2.17. The van der Waals surface area contributed by atoms with Crippen molar-refractivity contribution in [3.8, 4) is 17.2 Å². The van der Waals surface area contributed by atoms with Crippen LogP contribution in [0.15, 0.2) is 30.5 Å². The summed E-state index contributed by atoms with van der Waals surface area (Å²) in [6, 6.07) is 7.46. The van der Waals surface area contributed by atoms with Crippen LogP contribution in [0.3, 0.4) is 0 Å². The Kier molecular flexibility index (Phi) is 7.16. The summed E-state index contributed by atoms with van der Waals surface area (Å²) in [5, 5.41) is 6.36. The lowest BCUT2D eigenvalue weighted by molar-refractivity contribution is 0.102. The van der Waals surface area contributed by atoms with Crippen LogP contribution in [-0.2, 0) is 0 Å². The Morgan fingerprint density at radius 1 is 0.966 bits per heavy atom. The van der Waals surface area contributed by atoms with Crippen molar-refractivity contribution in [2.75, 3.05) is 32.0 Å². The lowest BCUT2D eigenvalue weighted by atomic mass is 10.1. The molecule has 0 unspecified atom stereocenters. The molecule has 1 aliphatic carbocycles. The predicted octanol–water partition coefficient (Wildman–Crippen LogP) is 4.49. The van der Waals surface area contributed by atoms with Gasteiger partial charge >= 0.3 is 0 Å². The van der Waals surface area contributed by atoms with E-state index in [1.165, 1.54) is 59.9 Å². The maximum Gasteiger partial charge on any atom is 0.255 e. The molecule has 1 saturated carbocycles. The third-order valence-electron chi connectivity index (χ3n) is 5.16. The molecule has 1 heterocycles. The highest BCUT2D eigenvalue weighted by atomic mass is 16.5. The molecular weight excluding hydrogens is 370 g/mol. The third kappa shape index (κ3) is 5.31. The number of hydrogen-bond donors (Lipinski definition) is 2. The SMILES string of the molecule is COc1cc(C(=O)Nc2ccc(NC3CCCCCC3)nc2)cc(OC)c1OC. The highest BCUT2D eigenvalue weighted by Gasteiger charge is 2.17. The molecule has 2 N–H and O–H groups in total. The summed E-state index contributed by atoms with van der Waals surface area (Å²) in [7, 11) is 4.56. The van der Waals surface area contributed by atoms with E-state index in [4.69, 9.17) is 14.2 Å². The first-order valence-electron chi connectivity index (χ1n) is 9.98. The van der Waals surface area contributed by atoms with Crippen LogP contribution < -0.4 is 24.8 Å². The minimum atomic E-state index is -0.282. The highest BCUT2D eigenvalue weighted by Crippen LogP contribution is 2.38. The van der Waals surface area contributed by atoms with Crippen molar-refractivity contribution in [1.82, 2.24) is 4.98 Å². The van der Waals surface area contributed by atoms with Gasteiger partial charge in [0, 0.05) is 11.6 Å². The van der Waals surface area contributed by atoms with Gasteiger partial charge in [0.15, 0.2) is 11.5 Å². The van der Waals surface area contributed by atoms with Crippen LogP contribution in [0, 0.1) is 0 Å². The number of carbonyl (C=O) groups excluding carboxylic acids is 1. The maximum atomic E-state index is 12.7. The van der Waals surface area contributed by atoms with E-state index in [0.717, 1.165) is 5.82 Å². The standard InChI is InChI=1S/C22H29N3O4/c1-27-18-12-15(13-19(28-2)21(18)29-3)22(26)25-17-10-11-20(23-14-17)24-16-8-6-4-5-7-9-16/h10-14,16H,4-9H2,1-3H3,(H,23,24)(H,25,26). The molecule has 29 heavy (non-hydrogen) atoms. The normalized spacial score (nSPS) is 14.6. The first kappa shape index (κ1) is 20.8. The molecule has 1 aliphatic rings. The van der Waals surface area contributed by atoms with Crippen molar-refractivity contribution in [2.45, 2.75) is 44.6 Å². The van der Waals surface area contributed by atoms with Gasteiger partial charge in [0.05, 0.1) is 33.2 Å². The van der Waals surface area contributed by atoms with E-state index < -0.39 is 0 Å². The summed E-state index contributed by atoms with van der Waals surface area (Å²) >= 11 is 0. The molecule has 0 aliphatic heterocycles. The predicted molar refractivity (Wildman–Crippen MR) is 113 cm³/mol. The van der Waals surface area contributed by atoms with E-state index in [1.807, 2.05) is 12.1 Å². The fraction of sp³-hybridized carbons (Fsp3) is 0.455. The second kappa shape index (κ2) is 10.0. The van der Waals surface area contributed by atoms with Crippen LogP contribution in [0.25, 0.3) is 0 Å². The number of hydrogen-bond acceptors (Lipinski definition) is 6. The average molecular weight is 399 g/mol. The van der Waals surface area contributed by atoms with Gasteiger partial charge in [-0.2, -0.15) is 0 Å². The largest absolute Gasteiger partial charge is 0.493 e. The second-order valence-corrected chi connectivity index (χ2v) is 7.13. The number of nitrogens with zero attached hydrogens (tertiary/aromatic N) is 1. The summed E-state index contributed by atoms with van der Waals surface area (Å²) in [5.41, 5.74) is 1.02. The van der Waals surface area contributed by atoms with Crippen molar-refractivity contribution in [3.63, 3.8) is 0 Å². The Morgan fingerprint density at radius 2 is 1.62 bits per heavy atom. The van der Waals surface area contributed by atoms with Gasteiger partial charge in [-0.3, -0.25) is 4.79 Å². The second-order valence-electron chi connectivity index (χ2n) is 7.13. The summed E-state index contributed by atoms with van der Waals surface area (Å²) in [5.74, 6) is 1.86. The van der Waals surface area contributed by atoms with E-state index in [-0.39, 0.29) is 5.91 Å². The number of anilines is 2. The monoisotopic (exact) mass is 399 g/mol. The number of carbonyl (C=O) groups is 1. The molecule has 1 aromatic carbocycles. The van der Waals surface area contributed by atoms with E-state index in [0.29, 0.717) is 34.5 Å². The van der Waals surface area contributed by atoms with E-state index in [1.54, 1.807) is 18.3 Å². The van der Waals surface area contributed by atoms with E-state index in [2.05, 4.69) is 15.6 Å². The van der Waals surface area contributed by atoms with Crippen molar-refractivity contribution >= 4 is 17.4 Å². The zero-order valence-corrected chi connectivity index (χ0v) is 17.3. The summed E-state index contributed by atoms with van der Waals surface area (Å²) in [6.45, 7) is 0. The Bertz CT molecular complexity index is 790.